The number of anilines is 4. The van der Waals surface area contributed by atoms with Gasteiger partial charge in [-0.3, -0.25) is 0 Å². The summed E-state index contributed by atoms with van der Waals surface area (Å²) in [7, 11) is 1.63. The Morgan fingerprint density at radius 2 is 1.79 bits per heavy atom. The molecule has 1 aromatic heterocycles. The number of aromatic nitrogens is 3. The quantitative estimate of drug-likeness (QED) is 0.711. The average Bonchev–Trinajstić information content (AvgIpc) is 2.75. The lowest BCUT2D eigenvalue weighted by atomic mass is 10.2. The fourth-order valence-corrected chi connectivity index (χ4v) is 3.40. The Morgan fingerprint density at radius 1 is 1.03 bits per heavy atom. The molecule has 1 N–H and O–H groups in total. The molecule has 4 rings (SSSR count). The first kappa shape index (κ1) is 18.9. The lowest BCUT2D eigenvalue weighted by molar-refractivity contribution is 0.416. The summed E-state index contributed by atoms with van der Waals surface area (Å²) in [6, 6.07) is 12.8. The van der Waals surface area contributed by atoms with Crippen molar-refractivity contribution in [3.63, 3.8) is 0 Å². The van der Waals surface area contributed by atoms with Gasteiger partial charge in [-0.2, -0.15) is 10.1 Å². The van der Waals surface area contributed by atoms with Crippen LogP contribution in [-0.4, -0.2) is 48.5 Å². The van der Waals surface area contributed by atoms with Crippen molar-refractivity contribution in [2.24, 2.45) is 0 Å². The van der Waals surface area contributed by atoms with Crippen LogP contribution in [0, 0.1) is 12.7 Å². The summed E-state index contributed by atoms with van der Waals surface area (Å²) < 4.78 is 19.4. The molecule has 0 bridgehead atoms. The number of nitrogens with zero attached hydrogens (tertiary/aromatic N) is 5. The van der Waals surface area contributed by atoms with Gasteiger partial charge in [-0.05, 0) is 36.8 Å². The normalized spacial score (nSPS) is 14.0. The number of piperazine rings is 1. The van der Waals surface area contributed by atoms with Gasteiger partial charge in [-0.1, -0.05) is 18.2 Å². The van der Waals surface area contributed by atoms with Gasteiger partial charge in [0, 0.05) is 26.2 Å². The van der Waals surface area contributed by atoms with Crippen LogP contribution in [0.1, 0.15) is 5.56 Å². The van der Waals surface area contributed by atoms with Crippen molar-refractivity contribution in [1.29, 1.82) is 0 Å². The van der Waals surface area contributed by atoms with E-state index >= 15 is 0 Å². The third-order valence-corrected chi connectivity index (χ3v) is 4.92. The Bertz CT molecular complexity index is 990. The Morgan fingerprint density at radius 3 is 2.55 bits per heavy atom. The summed E-state index contributed by atoms with van der Waals surface area (Å²) in [5.41, 5.74) is 2.57. The third-order valence-electron chi connectivity index (χ3n) is 4.92. The van der Waals surface area contributed by atoms with E-state index in [9.17, 15) is 4.39 Å². The van der Waals surface area contributed by atoms with Gasteiger partial charge >= 0.3 is 0 Å². The van der Waals surface area contributed by atoms with Gasteiger partial charge in [-0.15, -0.1) is 5.10 Å². The minimum Gasteiger partial charge on any atom is -0.495 e. The van der Waals surface area contributed by atoms with E-state index in [1.54, 1.807) is 19.4 Å². The van der Waals surface area contributed by atoms with Gasteiger partial charge in [0.05, 0.1) is 24.7 Å². The second kappa shape index (κ2) is 8.30. The van der Waals surface area contributed by atoms with Crippen molar-refractivity contribution >= 4 is 23.1 Å². The van der Waals surface area contributed by atoms with Crippen LogP contribution in [0.25, 0.3) is 0 Å². The summed E-state index contributed by atoms with van der Waals surface area (Å²) in [5, 5.41) is 11.5. The topological polar surface area (TPSA) is 66.4 Å². The van der Waals surface area contributed by atoms with Gasteiger partial charge < -0.3 is 19.9 Å². The monoisotopic (exact) mass is 394 g/mol. The zero-order chi connectivity index (χ0) is 20.2. The molecule has 1 saturated heterocycles. The molecule has 0 spiro atoms. The number of benzene rings is 2. The number of hydrogen-bond acceptors (Lipinski definition) is 7. The zero-order valence-corrected chi connectivity index (χ0v) is 16.5. The number of methoxy groups -OCH3 is 1. The molecule has 8 heteroatoms. The van der Waals surface area contributed by atoms with Crippen LogP contribution >= 0.6 is 0 Å². The summed E-state index contributed by atoms with van der Waals surface area (Å²) >= 11 is 0. The number of para-hydroxylation sites is 1. The average molecular weight is 394 g/mol. The van der Waals surface area contributed by atoms with Crippen LogP contribution in [0.2, 0.25) is 0 Å². The highest BCUT2D eigenvalue weighted by molar-refractivity contribution is 5.65. The summed E-state index contributed by atoms with van der Waals surface area (Å²) in [6.45, 7) is 4.77. The molecule has 2 heterocycles. The number of aryl methyl sites for hydroxylation is 1. The van der Waals surface area contributed by atoms with Crippen LogP contribution < -0.4 is 19.9 Å². The van der Waals surface area contributed by atoms with Gasteiger partial charge in [0.15, 0.2) is 5.82 Å². The highest BCUT2D eigenvalue weighted by Gasteiger charge is 2.21. The van der Waals surface area contributed by atoms with Crippen molar-refractivity contribution in [3.8, 4) is 5.75 Å². The molecular formula is C21H23FN6O. The minimum atomic E-state index is -0.197. The largest absolute Gasteiger partial charge is 0.495 e. The molecular weight excluding hydrogens is 371 g/mol. The zero-order valence-electron chi connectivity index (χ0n) is 16.5. The van der Waals surface area contributed by atoms with Crippen LogP contribution in [0.4, 0.5) is 27.5 Å². The first-order chi connectivity index (χ1) is 14.1. The molecule has 0 amide bonds. The summed E-state index contributed by atoms with van der Waals surface area (Å²) in [5.74, 6) is 1.68. The van der Waals surface area contributed by atoms with Gasteiger partial charge in [0.2, 0.25) is 5.95 Å². The van der Waals surface area contributed by atoms with E-state index < -0.39 is 0 Å². The highest BCUT2D eigenvalue weighted by Crippen LogP contribution is 2.28. The molecule has 0 unspecified atom stereocenters. The van der Waals surface area contributed by atoms with E-state index in [-0.39, 0.29) is 5.82 Å². The second-order valence-corrected chi connectivity index (χ2v) is 6.90. The molecule has 3 aromatic rings. The molecule has 0 radical (unpaired) electrons. The van der Waals surface area contributed by atoms with Crippen molar-refractivity contribution in [2.75, 3.05) is 48.4 Å². The van der Waals surface area contributed by atoms with Crippen LogP contribution in [0.3, 0.4) is 0 Å². The summed E-state index contributed by atoms with van der Waals surface area (Å²) in [4.78, 5) is 8.70. The third kappa shape index (κ3) is 4.21. The highest BCUT2D eigenvalue weighted by atomic mass is 19.1. The van der Waals surface area contributed by atoms with E-state index in [4.69, 9.17) is 4.74 Å². The predicted molar refractivity (Wildman–Crippen MR) is 112 cm³/mol. The lowest BCUT2D eigenvalue weighted by Crippen LogP contribution is -2.47. The van der Waals surface area contributed by atoms with Crippen molar-refractivity contribution < 1.29 is 9.13 Å². The van der Waals surface area contributed by atoms with E-state index in [0.717, 1.165) is 17.0 Å². The fraction of sp³-hybridized carbons (Fsp3) is 0.286. The standard InChI is InChI=1S/C21H23FN6O/c1-15-7-8-19(29-2)17(13-15)24-20-14-23-26-21(25-20)28-11-9-27(10-12-28)18-6-4-3-5-16(18)22/h3-8,13-14H,9-12H2,1-2H3,(H,24,25,26). The number of hydrogen-bond donors (Lipinski definition) is 1. The smallest absolute Gasteiger partial charge is 0.247 e. The number of ether oxygens (including phenoxy) is 1. The van der Waals surface area contributed by atoms with Crippen molar-refractivity contribution in [1.82, 2.24) is 15.2 Å². The Kier molecular flexibility index (Phi) is 5.41. The second-order valence-electron chi connectivity index (χ2n) is 6.90. The molecule has 29 heavy (non-hydrogen) atoms. The molecule has 1 aliphatic rings. The van der Waals surface area contributed by atoms with E-state index in [0.29, 0.717) is 43.6 Å². The fourth-order valence-electron chi connectivity index (χ4n) is 3.40. The lowest BCUT2D eigenvalue weighted by Gasteiger charge is -2.36. The minimum absolute atomic E-state index is 0.197. The molecule has 0 aliphatic carbocycles. The molecule has 7 nitrogen and oxygen atoms in total. The number of halogens is 1. The van der Waals surface area contributed by atoms with Gasteiger partial charge in [-0.25, -0.2) is 4.39 Å². The Hall–Kier alpha value is -3.42. The maximum atomic E-state index is 14.0. The number of nitrogens with one attached hydrogen (secondary N) is 1. The molecule has 0 saturated carbocycles. The SMILES string of the molecule is COc1ccc(C)cc1Nc1cnnc(N2CCN(c3ccccc3F)CC2)n1. The maximum absolute atomic E-state index is 14.0. The molecule has 2 aromatic carbocycles. The van der Waals surface area contributed by atoms with Crippen LogP contribution in [-0.2, 0) is 0 Å². The Balaban J connectivity index is 1.46. The molecule has 0 atom stereocenters. The predicted octanol–water partition coefficient (Wildman–Crippen LogP) is 3.40. The van der Waals surface area contributed by atoms with Crippen molar-refractivity contribution in [2.45, 2.75) is 6.92 Å². The van der Waals surface area contributed by atoms with Crippen LogP contribution in [0.5, 0.6) is 5.75 Å². The first-order valence-corrected chi connectivity index (χ1v) is 9.50. The van der Waals surface area contributed by atoms with Crippen LogP contribution in [0.15, 0.2) is 48.7 Å². The molecule has 150 valence electrons. The van der Waals surface area contributed by atoms with E-state index in [2.05, 4.69) is 25.4 Å². The van der Waals surface area contributed by atoms with E-state index in [1.807, 2.05) is 42.2 Å². The van der Waals surface area contributed by atoms with Gasteiger partial charge in [0.1, 0.15) is 11.6 Å². The maximum Gasteiger partial charge on any atom is 0.247 e. The molecule has 1 aliphatic heterocycles. The Labute approximate surface area is 169 Å². The van der Waals surface area contributed by atoms with Gasteiger partial charge in [0.25, 0.3) is 0 Å². The first-order valence-electron chi connectivity index (χ1n) is 9.50. The van der Waals surface area contributed by atoms with E-state index in [1.165, 1.54) is 6.07 Å². The number of rotatable bonds is 5. The summed E-state index contributed by atoms with van der Waals surface area (Å²) in [6.07, 6.45) is 1.58. The molecule has 1 fully saturated rings. The van der Waals surface area contributed by atoms with Crippen molar-refractivity contribution in [3.05, 3.63) is 60.0 Å².